The van der Waals surface area contributed by atoms with Crippen LogP contribution in [0.4, 0.5) is 0 Å². The Labute approximate surface area is 118 Å². The minimum atomic E-state index is -0.134. The quantitative estimate of drug-likeness (QED) is 0.906. The maximum Gasteiger partial charge on any atom is 0.252 e. The second kappa shape index (κ2) is 6.02. The number of rotatable bonds is 4. The number of halogens is 2. The van der Waals surface area contributed by atoms with E-state index in [2.05, 4.69) is 31.2 Å². The molecule has 0 atom stereocenters. The Kier molecular flexibility index (Phi) is 4.38. The summed E-state index contributed by atoms with van der Waals surface area (Å²) < 4.78 is 0.686. The van der Waals surface area contributed by atoms with Crippen LogP contribution in [0.5, 0.6) is 0 Å². The zero-order valence-electron chi connectivity index (χ0n) is 9.41. The van der Waals surface area contributed by atoms with Gasteiger partial charge < -0.3 is 10.3 Å². The van der Waals surface area contributed by atoms with Crippen LogP contribution in [0.15, 0.2) is 35.1 Å². The molecule has 0 spiro atoms. The molecule has 0 bridgehead atoms. The van der Waals surface area contributed by atoms with E-state index >= 15 is 0 Å². The number of hydrogen-bond donors (Lipinski definition) is 2. The highest BCUT2D eigenvalue weighted by atomic mass is 79.9. The van der Waals surface area contributed by atoms with Crippen molar-refractivity contribution in [2.24, 2.45) is 0 Å². The van der Waals surface area contributed by atoms with Gasteiger partial charge in [0.05, 0.1) is 5.56 Å². The molecule has 2 N–H and O–H groups in total. The molecule has 2 aromatic rings. The lowest BCUT2D eigenvalue weighted by Gasteiger charge is -2.06. The molecule has 0 saturated heterocycles. The van der Waals surface area contributed by atoms with Gasteiger partial charge in [0.2, 0.25) is 0 Å². The summed E-state index contributed by atoms with van der Waals surface area (Å²) in [5, 5.41) is 3.42. The molecule has 0 aliphatic rings. The summed E-state index contributed by atoms with van der Waals surface area (Å²) in [6, 6.07) is 5.07. The van der Waals surface area contributed by atoms with Gasteiger partial charge in [-0.3, -0.25) is 4.79 Å². The Bertz CT molecular complexity index is 542. The first-order valence-corrected chi connectivity index (χ1v) is 6.55. The molecular weight excluding hydrogens is 318 g/mol. The van der Waals surface area contributed by atoms with E-state index in [1.807, 2.05) is 0 Å². The molecule has 0 aliphatic heterocycles. The van der Waals surface area contributed by atoms with Crippen LogP contribution in [0.1, 0.15) is 16.2 Å². The van der Waals surface area contributed by atoms with Crippen LogP contribution in [0, 0.1) is 0 Å². The van der Waals surface area contributed by atoms with Crippen LogP contribution >= 0.6 is 27.5 Å². The van der Waals surface area contributed by atoms with Gasteiger partial charge in [0.1, 0.15) is 5.82 Å². The summed E-state index contributed by atoms with van der Waals surface area (Å²) >= 11 is 9.13. The first-order valence-electron chi connectivity index (χ1n) is 5.38. The third kappa shape index (κ3) is 3.34. The van der Waals surface area contributed by atoms with Gasteiger partial charge in [-0.15, -0.1) is 0 Å². The molecule has 0 radical (unpaired) electrons. The van der Waals surface area contributed by atoms with Crippen molar-refractivity contribution in [2.45, 2.75) is 6.42 Å². The van der Waals surface area contributed by atoms with E-state index < -0.39 is 0 Å². The van der Waals surface area contributed by atoms with Gasteiger partial charge in [-0.05, 0) is 34.1 Å². The number of aromatic nitrogens is 2. The lowest BCUT2D eigenvalue weighted by Crippen LogP contribution is -2.26. The number of aromatic amines is 1. The molecule has 0 fully saturated rings. The van der Waals surface area contributed by atoms with Crippen LogP contribution < -0.4 is 5.32 Å². The largest absolute Gasteiger partial charge is 0.352 e. The zero-order chi connectivity index (χ0) is 13.0. The summed E-state index contributed by atoms with van der Waals surface area (Å²) in [5.41, 5.74) is 0.568. The Morgan fingerprint density at radius 1 is 1.50 bits per heavy atom. The van der Waals surface area contributed by atoms with E-state index in [-0.39, 0.29) is 5.91 Å². The number of H-pyrrole nitrogens is 1. The average molecular weight is 329 g/mol. The van der Waals surface area contributed by atoms with Crippen molar-refractivity contribution in [3.63, 3.8) is 0 Å². The number of carbonyl (C=O) groups is 1. The molecule has 0 saturated carbocycles. The lowest BCUT2D eigenvalue weighted by atomic mass is 10.2. The van der Waals surface area contributed by atoms with Gasteiger partial charge in [0, 0.05) is 34.9 Å². The first kappa shape index (κ1) is 13.1. The van der Waals surface area contributed by atoms with E-state index in [9.17, 15) is 4.79 Å². The molecule has 0 unspecified atom stereocenters. The summed E-state index contributed by atoms with van der Waals surface area (Å²) in [6.07, 6.45) is 4.11. The van der Waals surface area contributed by atoms with Crippen molar-refractivity contribution in [3.05, 3.63) is 51.5 Å². The van der Waals surface area contributed by atoms with E-state index in [0.717, 1.165) is 5.82 Å². The molecule has 1 heterocycles. The Morgan fingerprint density at radius 2 is 2.33 bits per heavy atom. The molecule has 4 nitrogen and oxygen atoms in total. The minimum Gasteiger partial charge on any atom is -0.352 e. The van der Waals surface area contributed by atoms with Gasteiger partial charge in [0.25, 0.3) is 5.91 Å². The molecule has 1 aromatic carbocycles. The van der Waals surface area contributed by atoms with Crippen LogP contribution in [0.3, 0.4) is 0 Å². The molecule has 0 aliphatic carbocycles. The van der Waals surface area contributed by atoms with Crippen molar-refractivity contribution in [1.82, 2.24) is 15.3 Å². The van der Waals surface area contributed by atoms with E-state index in [1.165, 1.54) is 0 Å². The first-order chi connectivity index (χ1) is 8.66. The Hall–Kier alpha value is -1.33. The fourth-order valence-electron chi connectivity index (χ4n) is 1.50. The molecule has 18 heavy (non-hydrogen) atoms. The van der Waals surface area contributed by atoms with Crippen LogP contribution in [0.25, 0.3) is 0 Å². The normalized spacial score (nSPS) is 10.3. The SMILES string of the molecule is O=C(NCCc1ncc[nH]1)c1ccc(Cl)cc1Br. The monoisotopic (exact) mass is 327 g/mol. The summed E-state index contributed by atoms with van der Waals surface area (Å²) in [4.78, 5) is 19.0. The lowest BCUT2D eigenvalue weighted by molar-refractivity contribution is 0.0953. The van der Waals surface area contributed by atoms with Crippen molar-refractivity contribution in [2.75, 3.05) is 6.54 Å². The summed E-state index contributed by atoms with van der Waals surface area (Å²) in [6.45, 7) is 0.529. The average Bonchev–Trinajstić information content (AvgIpc) is 2.81. The second-order valence-electron chi connectivity index (χ2n) is 3.67. The van der Waals surface area contributed by atoms with Crippen LogP contribution in [0.2, 0.25) is 5.02 Å². The predicted octanol–water partition coefficient (Wildman–Crippen LogP) is 2.80. The highest BCUT2D eigenvalue weighted by Gasteiger charge is 2.09. The summed E-state index contributed by atoms with van der Waals surface area (Å²) in [7, 11) is 0. The fraction of sp³-hybridized carbons (Fsp3) is 0.167. The van der Waals surface area contributed by atoms with Crippen molar-refractivity contribution < 1.29 is 4.79 Å². The minimum absolute atomic E-state index is 0.134. The number of nitrogens with one attached hydrogen (secondary N) is 2. The Morgan fingerprint density at radius 3 is 3.00 bits per heavy atom. The van der Waals surface area contributed by atoms with Gasteiger partial charge in [0.15, 0.2) is 0 Å². The van der Waals surface area contributed by atoms with E-state index in [1.54, 1.807) is 30.6 Å². The topological polar surface area (TPSA) is 57.8 Å². The number of amides is 1. The third-order valence-corrected chi connectivity index (χ3v) is 3.27. The Balaban J connectivity index is 1.91. The number of hydrogen-bond acceptors (Lipinski definition) is 2. The van der Waals surface area contributed by atoms with Crippen LogP contribution in [-0.2, 0) is 6.42 Å². The third-order valence-electron chi connectivity index (χ3n) is 2.38. The smallest absolute Gasteiger partial charge is 0.252 e. The molecular formula is C12H11BrClN3O. The highest BCUT2D eigenvalue weighted by molar-refractivity contribution is 9.10. The molecule has 94 valence electrons. The van der Waals surface area contributed by atoms with E-state index in [0.29, 0.717) is 28.0 Å². The zero-order valence-corrected chi connectivity index (χ0v) is 11.8. The molecule has 1 aromatic heterocycles. The maximum absolute atomic E-state index is 11.9. The molecule has 6 heteroatoms. The van der Waals surface area contributed by atoms with Gasteiger partial charge in [-0.1, -0.05) is 11.6 Å². The number of imidazole rings is 1. The fourth-order valence-corrected chi connectivity index (χ4v) is 2.36. The van der Waals surface area contributed by atoms with Crippen LogP contribution in [-0.4, -0.2) is 22.4 Å². The number of nitrogens with zero attached hydrogens (tertiary/aromatic N) is 1. The standard InChI is InChI=1S/C12H11BrClN3O/c13-10-7-8(14)1-2-9(10)12(18)17-4-3-11-15-5-6-16-11/h1-2,5-7H,3-4H2,(H,15,16)(H,17,18). The van der Waals surface area contributed by atoms with E-state index in [4.69, 9.17) is 11.6 Å². The predicted molar refractivity (Wildman–Crippen MR) is 73.8 cm³/mol. The maximum atomic E-state index is 11.9. The van der Waals surface area contributed by atoms with Crippen molar-refractivity contribution >= 4 is 33.4 Å². The number of benzene rings is 1. The second-order valence-corrected chi connectivity index (χ2v) is 4.96. The highest BCUT2D eigenvalue weighted by Crippen LogP contribution is 2.21. The molecule has 2 rings (SSSR count). The summed E-state index contributed by atoms with van der Waals surface area (Å²) in [5.74, 6) is 0.718. The van der Waals surface area contributed by atoms with Gasteiger partial charge >= 0.3 is 0 Å². The van der Waals surface area contributed by atoms with Crippen molar-refractivity contribution in [3.8, 4) is 0 Å². The molecule has 1 amide bonds. The van der Waals surface area contributed by atoms with Gasteiger partial charge in [-0.25, -0.2) is 4.98 Å². The van der Waals surface area contributed by atoms with Crippen molar-refractivity contribution in [1.29, 1.82) is 0 Å². The number of carbonyl (C=O) groups excluding carboxylic acids is 1. The van der Waals surface area contributed by atoms with Gasteiger partial charge in [-0.2, -0.15) is 0 Å².